The summed E-state index contributed by atoms with van der Waals surface area (Å²) in [6, 6.07) is 5.95. The molecular formula is C13H9F3N2O3. The first kappa shape index (κ1) is 13.6. The molecule has 1 fully saturated rings. The topological polar surface area (TPSA) is 76.2 Å². The summed E-state index contributed by atoms with van der Waals surface area (Å²) in [7, 11) is 0. The van der Waals surface area contributed by atoms with Crippen molar-refractivity contribution in [2.75, 3.05) is 0 Å². The summed E-state index contributed by atoms with van der Waals surface area (Å²) in [6.45, 7) is 0. The van der Waals surface area contributed by atoms with E-state index in [-0.39, 0.29) is 11.4 Å². The van der Waals surface area contributed by atoms with E-state index >= 15 is 0 Å². The lowest BCUT2D eigenvalue weighted by atomic mass is 9.94. The van der Waals surface area contributed by atoms with Gasteiger partial charge in [0.15, 0.2) is 5.82 Å². The van der Waals surface area contributed by atoms with Gasteiger partial charge in [-0.15, -0.1) is 0 Å². The third kappa shape index (κ3) is 2.26. The van der Waals surface area contributed by atoms with Gasteiger partial charge in [0.05, 0.1) is 11.0 Å². The van der Waals surface area contributed by atoms with Crippen LogP contribution in [-0.4, -0.2) is 21.2 Å². The summed E-state index contributed by atoms with van der Waals surface area (Å²) in [5.41, 5.74) is 0.0880. The Bertz CT molecular complexity index is 687. The number of carboxylic acids is 1. The van der Waals surface area contributed by atoms with E-state index in [4.69, 9.17) is 5.11 Å². The molecule has 5 nitrogen and oxygen atoms in total. The minimum Gasteiger partial charge on any atom is -0.478 e. The van der Waals surface area contributed by atoms with Crippen LogP contribution in [0.4, 0.5) is 13.2 Å². The van der Waals surface area contributed by atoms with Crippen molar-refractivity contribution in [1.82, 2.24) is 10.1 Å². The van der Waals surface area contributed by atoms with Crippen LogP contribution in [0.15, 0.2) is 28.8 Å². The Hall–Kier alpha value is -2.38. The third-order valence-corrected chi connectivity index (χ3v) is 3.53. The van der Waals surface area contributed by atoms with Crippen molar-refractivity contribution in [2.45, 2.75) is 24.4 Å². The molecule has 3 rings (SSSR count). The van der Waals surface area contributed by atoms with Gasteiger partial charge in [-0.3, -0.25) is 0 Å². The van der Waals surface area contributed by atoms with Gasteiger partial charge in [-0.2, -0.15) is 18.2 Å². The number of hydrogen-bond donors (Lipinski definition) is 1. The highest BCUT2D eigenvalue weighted by molar-refractivity contribution is 5.87. The molecule has 1 saturated carbocycles. The molecule has 0 saturated heterocycles. The second kappa shape index (κ2) is 4.31. The predicted molar refractivity (Wildman–Crippen MR) is 62.7 cm³/mol. The van der Waals surface area contributed by atoms with Crippen LogP contribution in [-0.2, 0) is 11.6 Å². The molecule has 1 aromatic carbocycles. The van der Waals surface area contributed by atoms with Gasteiger partial charge in [0, 0.05) is 0 Å². The highest BCUT2D eigenvalue weighted by atomic mass is 19.4. The average molecular weight is 298 g/mol. The van der Waals surface area contributed by atoms with E-state index in [0.29, 0.717) is 18.4 Å². The molecule has 0 unspecified atom stereocenters. The van der Waals surface area contributed by atoms with E-state index in [1.54, 1.807) is 12.1 Å². The monoisotopic (exact) mass is 298 g/mol. The number of aromatic nitrogens is 2. The zero-order valence-corrected chi connectivity index (χ0v) is 10.5. The van der Waals surface area contributed by atoms with Crippen LogP contribution in [0.25, 0.3) is 0 Å². The number of carbonyl (C=O) groups is 1. The van der Waals surface area contributed by atoms with Crippen LogP contribution >= 0.6 is 0 Å². The SMILES string of the molecule is O=C(O)c1ccc(C2(c3noc(C(F)(F)F)n3)CC2)cc1. The van der Waals surface area contributed by atoms with Gasteiger partial charge in [0.25, 0.3) is 0 Å². The lowest BCUT2D eigenvalue weighted by molar-refractivity contribution is -0.159. The first-order valence-electron chi connectivity index (χ1n) is 6.08. The maximum Gasteiger partial charge on any atom is 0.471 e. The molecule has 1 aliphatic carbocycles. The molecule has 1 aliphatic rings. The Kier molecular flexibility index (Phi) is 2.79. The predicted octanol–water partition coefficient (Wildman–Crippen LogP) is 2.87. The van der Waals surface area contributed by atoms with Crippen molar-refractivity contribution in [3.05, 3.63) is 47.1 Å². The third-order valence-electron chi connectivity index (χ3n) is 3.53. The number of alkyl halides is 3. The fraction of sp³-hybridized carbons (Fsp3) is 0.308. The molecule has 1 heterocycles. The van der Waals surface area contributed by atoms with Crippen molar-refractivity contribution in [1.29, 1.82) is 0 Å². The normalized spacial score (nSPS) is 16.7. The molecule has 110 valence electrons. The highest BCUT2D eigenvalue weighted by Crippen LogP contribution is 2.52. The molecule has 0 radical (unpaired) electrons. The molecule has 0 aliphatic heterocycles. The molecule has 0 bridgehead atoms. The Morgan fingerprint density at radius 2 is 1.86 bits per heavy atom. The first-order valence-corrected chi connectivity index (χ1v) is 6.08. The lowest BCUT2D eigenvalue weighted by Crippen LogP contribution is -2.12. The van der Waals surface area contributed by atoms with Gasteiger partial charge < -0.3 is 9.63 Å². The molecule has 2 aromatic rings. The van der Waals surface area contributed by atoms with E-state index in [1.165, 1.54) is 12.1 Å². The summed E-state index contributed by atoms with van der Waals surface area (Å²) in [6.07, 6.45) is -3.49. The minimum atomic E-state index is -4.67. The Morgan fingerprint density at radius 3 is 2.29 bits per heavy atom. The number of carboxylic acid groups (broad SMARTS) is 1. The first-order chi connectivity index (χ1) is 9.83. The minimum absolute atomic E-state index is 0.0158. The lowest BCUT2D eigenvalue weighted by Gasteiger charge is -2.11. The largest absolute Gasteiger partial charge is 0.478 e. The number of aromatic carboxylic acids is 1. The molecule has 1 aromatic heterocycles. The van der Waals surface area contributed by atoms with E-state index in [2.05, 4.69) is 14.7 Å². The van der Waals surface area contributed by atoms with Crippen LogP contribution in [0, 0.1) is 0 Å². The van der Waals surface area contributed by atoms with Gasteiger partial charge in [0.1, 0.15) is 0 Å². The quantitative estimate of drug-likeness (QED) is 0.943. The van der Waals surface area contributed by atoms with Crippen molar-refractivity contribution in [2.24, 2.45) is 0 Å². The van der Waals surface area contributed by atoms with Crippen LogP contribution in [0.1, 0.15) is 40.5 Å². The highest BCUT2D eigenvalue weighted by Gasteiger charge is 2.51. The van der Waals surface area contributed by atoms with Gasteiger partial charge in [0.2, 0.25) is 0 Å². The van der Waals surface area contributed by atoms with Gasteiger partial charge >= 0.3 is 18.0 Å². The number of hydrogen-bond acceptors (Lipinski definition) is 4. The molecule has 0 spiro atoms. The molecule has 21 heavy (non-hydrogen) atoms. The number of rotatable bonds is 3. The Labute approximate surface area is 116 Å². The van der Waals surface area contributed by atoms with E-state index in [1.807, 2.05) is 0 Å². The smallest absolute Gasteiger partial charge is 0.471 e. The van der Waals surface area contributed by atoms with E-state index < -0.39 is 23.5 Å². The summed E-state index contributed by atoms with van der Waals surface area (Å²) < 4.78 is 41.7. The fourth-order valence-electron chi connectivity index (χ4n) is 2.23. The summed E-state index contributed by atoms with van der Waals surface area (Å²) >= 11 is 0. The van der Waals surface area contributed by atoms with Crippen LogP contribution in [0.3, 0.4) is 0 Å². The van der Waals surface area contributed by atoms with Gasteiger partial charge in [-0.1, -0.05) is 17.3 Å². The zero-order valence-electron chi connectivity index (χ0n) is 10.5. The summed E-state index contributed by atoms with van der Waals surface area (Å²) in [4.78, 5) is 14.2. The average Bonchev–Trinajstić information content (AvgIpc) is 3.07. The summed E-state index contributed by atoms with van der Waals surface area (Å²) in [5.74, 6) is -2.45. The summed E-state index contributed by atoms with van der Waals surface area (Å²) in [5, 5.41) is 12.3. The van der Waals surface area contributed by atoms with E-state index in [0.717, 1.165) is 0 Å². The molecule has 8 heteroatoms. The van der Waals surface area contributed by atoms with Crippen molar-refractivity contribution in [3.63, 3.8) is 0 Å². The molecular weight excluding hydrogens is 289 g/mol. The van der Waals surface area contributed by atoms with Crippen LogP contribution in [0.5, 0.6) is 0 Å². The van der Waals surface area contributed by atoms with Gasteiger partial charge in [-0.25, -0.2) is 4.79 Å². The Balaban J connectivity index is 1.94. The maximum absolute atomic E-state index is 12.5. The standard InChI is InChI=1S/C13H9F3N2O3/c14-13(15,16)11-17-10(18-21-11)12(5-6-12)8-3-1-7(2-4-8)9(19)20/h1-4H,5-6H2,(H,19,20). The fourth-order valence-corrected chi connectivity index (χ4v) is 2.23. The number of nitrogens with zero attached hydrogens (tertiary/aromatic N) is 2. The maximum atomic E-state index is 12.5. The van der Waals surface area contributed by atoms with Crippen LogP contribution < -0.4 is 0 Å². The zero-order chi connectivity index (χ0) is 15.3. The second-order valence-corrected chi connectivity index (χ2v) is 4.89. The van der Waals surface area contributed by atoms with Crippen molar-refractivity contribution >= 4 is 5.97 Å². The second-order valence-electron chi connectivity index (χ2n) is 4.89. The molecule has 1 N–H and O–H groups in total. The van der Waals surface area contributed by atoms with E-state index in [9.17, 15) is 18.0 Å². The molecule has 0 amide bonds. The van der Waals surface area contributed by atoms with Crippen molar-refractivity contribution < 1.29 is 27.6 Å². The Morgan fingerprint density at radius 1 is 1.24 bits per heavy atom. The van der Waals surface area contributed by atoms with Crippen LogP contribution in [0.2, 0.25) is 0 Å². The number of benzene rings is 1. The van der Waals surface area contributed by atoms with Gasteiger partial charge in [-0.05, 0) is 30.5 Å². The number of halogens is 3. The molecule has 0 atom stereocenters. The van der Waals surface area contributed by atoms with Crippen molar-refractivity contribution in [3.8, 4) is 0 Å².